The fourth-order valence-corrected chi connectivity index (χ4v) is 3.91. The number of carbonyl (C=O) groups excluding carboxylic acids is 3. The number of amides is 3. The predicted octanol–water partition coefficient (Wildman–Crippen LogP) is 0.847. The van der Waals surface area contributed by atoms with E-state index in [1.165, 1.54) is 12.1 Å². The maximum Gasteiger partial charge on any atom is 0.324 e. The van der Waals surface area contributed by atoms with E-state index >= 15 is 0 Å². The lowest BCUT2D eigenvalue weighted by Gasteiger charge is -2.21. The molecule has 27 heavy (non-hydrogen) atoms. The Morgan fingerprint density at radius 3 is 2.44 bits per heavy atom. The standard InChI is InChI=1S/C16H20BrN3O6S/c1-10(2)14(19-27(24,25)12-5-3-11(17)4-6-12)15(22)26-9-13(21)20-8-7-18-16(20)23/h3-6,10,14,19H,7-9H2,1-2H3,(H,18,23)/t14-/m0/s1. The minimum Gasteiger partial charge on any atom is -0.454 e. The van der Waals surface area contributed by atoms with E-state index < -0.39 is 46.5 Å². The third-order valence-corrected chi connectivity index (χ3v) is 5.81. The van der Waals surface area contributed by atoms with E-state index in [2.05, 4.69) is 26.0 Å². The number of esters is 1. The first-order valence-corrected chi connectivity index (χ1v) is 10.4. The minimum absolute atomic E-state index is 0.00559. The van der Waals surface area contributed by atoms with Gasteiger partial charge in [0, 0.05) is 17.6 Å². The lowest BCUT2D eigenvalue weighted by Crippen LogP contribution is -2.46. The molecule has 0 unspecified atom stereocenters. The van der Waals surface area contributed by atoms with E-state index in [1.807, 2.05) is 0 Å². The number of ether oxygens (including phenoxy) is 1. The molecule has 1 atom stereocenters. The molecular formula is C16H20BrN3O6S. The Morgan fingerprint density at radius 2 is 1.93 bits per heavy atom. The molecule has 1 aromatic rings. The topological polar surface area (TPSA) is 122 Å². The normalized spacial score (nSPS) is 15.6. The molecule has 1 fully saturated rings. The van der Waals surface area contributed by atoms with Gasteiger partial charge in [-0.1, -0.05) is 29.8 Å². The van der Waals surface area contributed by atoms with Gasteiger partial charge in [0.2, 0.25) is 10.0 Å². The molecule has 0 saturated carbocycles. The fraction of sp³-hybridized carbons (Fsp3) is 0.438. The van der Waals surface area contributed by atoms with E-state index in [4.69, 9.17) is 4.74 Å². The lowest BCUT2D eigenvalue weighted by atomic mass is 10.1. The molecule has 1 aliphatic rings. The first-order valence-electron chi connectivity index (χ1n) is 8.14. The summed E-state index contributed by atoms with van der Waals surface area (Å²) < 4.78 is 32.9. The van der Waals surface area contributed by atoms with Gasteiger partial charge in [-0.2, -0.15) is 4.72 Å². The number of hydrogen-bond donors (Lipinski definition) is 2. The monoisotopic (exact) mass is 461 g/mol. The van der Waals surface area contributed by atoms with Crippen LogP contribution in [0.4, 0.5) is 4.79 Å². The zero-order chi connectivity index (χ0) is 20.2. The summed E-state index contributed by atoms with van der Waals surface area (Å²) >= 11 is 3.22. The summed E-state index contributed by atoms with van der Waals surface area (Å²) in [6.45, 7) is 3.17. The molecule has 9 nitrogen and oxygen atoms in total. The molecule has 1 saturated heterocycles. The van der Waals surface area contributed by atoms with Gasteiger partial charge in [-0.3, -0.25) is 14.5 Å². The van der Waals surface area contributed by atoms with Crippen molar-refractivity contribution in [1.82, 2.24) is 14.9 Å². The van der Waals surface area contributed by atoms with Crippen molar-refractivity contribution in [2.75, 3.05) is 19.7 Å². The molecule has 1 heterocycles. The number of hydrogen-bond acceptors (Lipinski definition) is 6. The van der Waals surface area contributed by atoms with Gasteiger partial charge in [-0.25, -0.2) is 13.2 Å². The summed E-state index contributed by atoms with van der Waals surface area (Å²) in [4.78, 5) is 36.6. The number of nitrogens with zero attached hydrogens (tertiary/aromatic N) is 1. The van der Waals surface area contributed by atoms with Crippen LogP contribution in [0.1, 0.15) is 13.8 Å². The summed E-state index contributed by atoms with van der Waals surface area (Å²) in [5.74, 6) is -1.98. The van der Waals surface area contributed by atoms with Crippen LogP contribution < -0.4 is 10.0 Å². The van der Waals surface area contributed by atoms with Crippen molar-refractivity contribution in [3.05, 3.63) is 28.7 Å². The van der Waals surface area contributed by atoms with Crippen molar-refractivity contribution in [3.63, 3.8) is 0 Å². The molecule has 0 radical (unpaired) electrons. The van der Waals surface area contributed by atoms with Crippen LogP contribution in [0, 0.1) is 5.92 Å². The van der Waals surface area contributed by atoms with Crippen LogP contribution in [0.5, 0.6) is 0 Å². The lowest BCUT2D eigenvalue weighted by molar-refractivity contribution is -0.153. The first kappa shape index (κ1) is 21.3. The Kier molecular flexibility index (Phi) is 6.95. The molecule has 1 aromatic carbocycles. The predicted molar refractivity (Wildman–Crippen MR) is 99.2 cm³/mol. The average Bonchev–Trinajstić information content (AvgIpc) is 3.03. The second-order valence-electron chi connectivity index (χ2n) is 6.18. The fourth-order valence-electron chi connectivity index (χ4n) is 2.32. The number of imide groups is 1. The van der Waals surface area contributed by atoms with E-state index in [0.717, 1.165) is 4.90 Å². The highest BCUT2D eigenvalue weighted by atomic mass is 79.9. The molecule has 0 aliphatic carbocycles. The van der Waals surface area contributed by atoms with Gasteiger partial charge in [0.25, 0.3) is 5.91 Å². The zero-order valence-corrected chi connectivity index (χ0v) is 17.2. The van der Waals surface area contributed by atoms with Crippen LogP contribution in [-0.4, -0.2) is 57.0 Å². The maximum atomic E-state index is 12.5. The molecule has 0 aromatic heterocycles. The van der Waals surface area contributed by atoms with Gasteiger partial charge in [0.15, 0.2) is 6.61 Å². The Labute approximate surface area is 165 Å². The summed E-state index contributed by atoms with van der Waals surface area (Å²) in [5, 5.41) is 2.46. The highest BCUT2D eigenvalue weighted by Crippen LogP contribution is 2.16. The Bertz CT molecular complexity index is 825. The summed E-state index contributed by atoms with van der Waals surface area (Å²) in [7, 11) is -3.96. The molecule has 1 aliphatic heterocycles. The highest BCUT2D eigenvalue weighted by Gasteiger charge is 2.32. The number of urea groups is 1. The zero-order valence-electron chi connectivity index (χ0n) is 14.8. The molecule has 2 N–H and O–H groups in total. The van der Waals surface area contributed by atoms with Crippen molar-refractivity contribution in [2.45, 2.75) is 24.8 Å². The summed E-state index contributed by atoms with van der Waals surface area (Å²) in [6, 6.07) is 4.19. The summed E-state index contributed by atoms with van der Waals surface area (Å²) in [6.07, 6.45) is 0. The molecule has 3 amide bonds. The minimum atomic E-state index is -3.96. The second kappa shape index (κ2) is 8.81. The van der Waals surface area contributed by atoms with Crippen LogP contribution in [0.15, 0.2) is 33.6 Å². The van der Waals surface area contributed by atoms with Crippen molar-refractivity contribution in [1.29, 1.82) is 0 Å². The molecule has 148 valence electrons. The van der Waals surface area contributed by atoms with Crippen LogP contribution in [0.3, 0.4) is 0 Å². The number of sulfonamides is 1. The number of carbonyl (C=O) groups is 3. The molecular weight excluding hydrogens is 442 g/mol. The first-order chi connectivity index (χ1) is 12.6. The van der Waals surface area contributed by atoms with Gasteiger partial charge in [-0.05, 0) is 30.2 Å². The number of nitrogens with one attached hydrogen (secondary N) is 2. The van der Waals surface area contributed by atoms with E-state index in [1.54, 1.807) is 26.0 Å². The van der Waals surface area contributed by atoms with E-state index in [9.17, 15) is 22.8 Å². The molecule has 0 spiro atoms. The average molecular weight is 462 g/mol. The molecule has 2 rings (SSSR count). The largest absolute Gasteiger partial charge is 0.454 e. The van der Waals surface area contributed by atoms with Crippen LogP contribution in [0.2, 0.25) is 0 Å². The van der Waals surface area contributed by atoms with Crippen LogP contribution in [-0.2, 0) is 24.3 Å². The van der Waals surface area contributed by atoms with E-state index in [0.29, 0.717) is 11.0 Å². The summed E-state index contributed by atoms with van der Waals surface area (Å²) in [5.41, 5.74) is 0. The molecule has 11 heteroatoms. The number of benzene rings is 1. The molecule has 0 bridgehead atoms. The third-order valence-electron chi connectivity index (χ3n) is 3.82. The highest BCUT2D eigenvalue weighted by molar-refractivity contribution is 9.10. The van der Waals surface area contributed by atoms with Gasteiger partial charge in [0.05, 0.1) is 4.90 Å². The van der Waals surface area contributed by atoms with Gasteiger partial charge in [0.1, 0.15) is 6.04 Å². The Hall–Kier alpha value is -1.98. The smallest absolute Gasteiger partial charge is 0.324 e. The number of rotatable bonds is 7. The van der Waals surface area contributed by atoms with Crippen molar-refractivity contribution in [3.8, 4) is 0 Å². The van der Waals surface area contributed by atoms with Gasteiger partial charge < -0.3 is 10.1 Å². The second-order valence-corrected chi connectivity index (χ2v) is 8.81. The van der Waals surface area contributed by atoms with Crippen LogP contribution in [0.25, 0.3) is 0 Å². The van der Waals surface area contributed by atoms with Crippen molar-refractivity contribution >= 4 is 43.9 Å². The third kappa shape index (κ3) is 5.50. The maximum absolute atomic E-state index is 12.5. The SMILES string of the molecule is CC(C)[C@H](NS(=O)(=O)c1ccc(Br)cc1)C(=O)OCC(=O)N1CCNC1=O. The Morgan fingerprint density at radius 1 is 1.30 bits per heavy atom. The quantitative estimate of drug-likeness (QED) is 0.580. The van der Waals surface area contributed by atoms with E-state index in [-0.39, 0.29) is 11.4 Å². The Balaban J connectivity index is 2.03. The number of halogens is 1. The van der Waals surface area contributed by atoms with Gasteiger partial charge >= 0.3 is 12.0 Å². The van der Waals surface area contributed by atoms with Gasteiger partial charge in [-0.15, -0.1) is 0 Å². The van der Waals surface area contributed by atoms with Crippen molar-refractivity contribution < 1.29 is 27.5 Å². The van der Waals surface area contributed by atoms with Crippen molar-refractivity contribution in [2.24, 2.45) is 5.92 Å². The van der Waals surface area contributed by atoms with Crippen LogP contribution >= 0.6 is 15.9 Å².